The summed E-state index contributed by atoms with van der Waals surface area (Å²) in [6.07, 6.45) is 6.49. The second kappa shape index (κ2) is 14.3. The number of methoxy groups -OCH3 is 1. The topological polar surface area (TPSA) is 26.3 Å². The summed E-state index contributed by atoms with van der Waals surface area (Å²) in [6.45, 7) is 2.18. The molecule has 0 aromatic carbocycles. The second-order valence-electron chi connectivity index (χ2n) is 2.99. The predicted molar refractivity (Wildman–Crippen MR) is 66.7 cm³/mol. The van der Waals surface area contributed by atoms with Crippen LogP contribution in [0.2, 0.25) is 0 Å². The largest absolute Gasteiger partial charge is 0.469 e. The molecule has 0 saturated carbocycles. The lowest BCUT2D eigenvalue weighted by atomic mass is 10.1. The lowest BCUT2D eigenvalue weighted by molar-refractivity contribution is -0.140. The van der Waals surface area contributed by atoms with Gasteiger partial charge in [0, 0.05) is 6.42 Å². The Hall–Kier alpha value is 0.340. The quantitative estimate of drug-likeness (QED) is 0.406. The first-order valence-corrected chi connectivity index (χ1v) is 6.34. The smallest absolute Gasteiger partial charge is 0.305 e. The van der Waals surface area contributed by atoms with Gasteiger partial charge in [0.15, 0.2) is 4.30 Å². The molecule has 0 aliphatic rings. The van der Waals surface area contributed by atoms with Crippen molar-refractivity contribution in [2.24, 2.45) is 0 Å². The molecule has 0 aromatic heterocycles. The van der Waals surface area contributed by atoms with Crippen LogP contribution in [0.1, 0.15) is 45.4 Å². The molecule has 92 valence electrons. The van der Waals surface area contributed by atoms with E-state index in [0.717, 1.165) is 12.8 Å². The molecule has 0 aliphatic carbocycles. The molecular formula is C10H19Cl3O2. The molecule has 0 N–H and O–H groups in total. The molecule has 0 radical (unpaired) electrons. The van der Waals surface area contributed by atoms with E-state index in [2.05, 4.69) is 11.7 Å². The zero-order valence-corrected chi connectivity index (χ0v) is 11.5. The van der Waals surface area contributed by atoms with E-state index < -0.39 is 4.30 Å². The predicted octanol–water partition coefficient (Wildman–Crippen LogP) is 4.51. The highest BCUT2D eigenvalue weighted by Gasteiger charge is 1.97. The van der Waals surface area contributed by atoms with Gasteiger partial charge >= 0.3 is 5.97 Å². The van der Waals surface area contributed by atoms with Gasteiger partial charge in [0.2, 0.25) is 0 Å². The molecule has 0 fully saturated rings. The summed E-state index contributed by atoms with van der Waals surface area (Å²) in [5.41, 5.74) is 0. The van der Waals surface area contributed by atoms with Gasteiger partial charge in [-0.15, -0.1) is 0 Å². The minimum atomic E-state index is -0.750. The highest BCUT2D eigenvalue weighted by atomic mass is 35.6. The van der Waals surface area contributed by atoms with Crippen LogP contribution < -0.4 is 0 Å². The Morgan fingerprint density at radius 1 is 1.13 bits per heavy atom. The van der Waals surface area contributed by atoms with E-state index in [1.807, 2.05) is 0 Å². The van der Waals surface area contributed by atoms with E-state index in [1.165, 1.54) is 26.4 Å². The van der Waals surface area contributed by atoms with Crippen LogP contribution in [-0.2, 0) is 9.53 Å². The molecule has 0 saturated heterocycles. The summed E-state index contributed by atoms with van der Waals surface area (Å²) < 4.78 is 3.77. The van der Waals surface area contributed by atoms with Crippen LogP contribution in [0, 0.1) is 0 Å². The molecule has 0 amide bonds. The van der Waals surface area contributed by atoms with E-state index in [4.69, 9.17) is 34.8 Å². The molecule has 0 heterocycles. The Labute approximate surface area is 107 Å². The number of hydrogen-bond donors (Lipinski definition) is 0. The molecule has 0 spiro atoms. The molecule has 2 nitrogen and oxygen atoms in total. The zero-order chi connectivity index (χ0) is 12.1. The minimum absolute atomic E-state index is 0.0819. The van der Waals surface area contributed by atoms with Crippen molar-refractivity contribution in [2.45, 2.75) is 49.7 Å². The van der Waals surface area contributed by atoms with Gasteiger partial charge < -0.3 is 4.74 Å². The fourth-order valence-corrected chi connectivity index (χ4v) is 0.975. The average molecular weight is 278 g/mol. The second-order valence-corrected chi connectivity index (χ2v) is 4.97. The number of carbonyl (C=O) groups excluding carboxylic acids is 1. The number of hydrogen-bond acceptors (Lipinski definition) is 2. The number of alkyl halides is 3. The monoisotopic (exact) mass is 276 g/mol. The van der Waals surface area contributed by atoms with Gasteiger partial charge in [-0.3, -0.25) is 4.79 Å². The maximum Gasteiger partial charge on any atom is 0.305 e. The summed E-state index contributed by atoms with van der Waals surface area (Å²) in [7, 11) is 1.44. The zero-order valence-electron chi connectivity index (χ0n) is 9.27. The molecule has 5 heteroatoms. The van der Waals surface area contributed by atoms with E-state index in [0.29, 0.717) is 6.42 Å². The van der Waals surface area contributed by atoms with Crippen molar-refractivity contribution in [3.8, 4) is 0 Å². The molecule has 0 aromatic rings. The number of rotatable bonds is 6. The Morgan fingerprint density at radius 2 is 1.60 bits per heavy atom. The van der Waals surface area contributed by atoms with E-state index in [9.17, 15) is 4.79 Å². The van der Waals surface area contributed by atoms with Gasteiger partial charge in [0.05, 0.1) is 7.11 Å². The van der Waals surface area contributed by atoms with E-state index in [-0.39, 0.29) is 5.97 Å². The molecule has 0 aliphatic heterocycles. The van der Waals surface area contributed by atoms with Crippen LogP contribution in [0.25, 0.3) is 0 Å². The fraction of sp³-hybridized carbons (Fsp3) is 0.900. The standard InChI is InChI=1S/C9H18O2.CHCl3/c1-3-4-5-6-7-8-9(10)11-2;2-1(3)4/h3-8H2,1-2H3;1H. The summed E-state index contributed by atoms with van der Waals surface area (Å²) >= 11 is 14.4. The van der Waals surface area contributed by atoms with Crippen LogP contribution in [0.15, 0.2) is 0 Å². The first-order chi connectivity index (χ1) is 7.04. The number of esters is 1. The lowest BCUT2D eigenvalue weighted by Crippen LogP contribution is -1.98. The first kappa shape index (κ1) is 17.7. The Balaban J connectivity index is 0. The summed E-state index contributed by atoms with van der Waals surface area (Å²) in [5.74, 6) is -0.0819. The van der Waals surface area contributed by atoms with Gasteiger partial charge in [-0.05, 0) is 6.42 Å². The summed E-state index contributed by atoms with van der Waals surface area (Å²) in [5, 5.41) is 0. The third-order valence-corrected chi connectivity index (χ3v) is 1.71. The van der Waals surface area contributed by atoms with Gasteiger partial charge in [0.1, 0.15) is 0 Å². The van der Waals surface area contributed by atoms with Crippen molar-refractivity contribution in [1.82, 2.24) is 0 Å². The molecule has 0 unspecified atom stereocenters. The van der Waals surface area contributed by atoms with Crippen molar-refractivity contribution in [2.75, 3.05) is 7.11 Å². The van der Waals surface area contributed by atoms with Crippen LogP contribution in [0.5, 0.6) is 0 Å². The number of ether oxygens (including phenoxy) is 1. The van der Waals surface area contributed by atoms with Gasteiger partial charge in [0.25, 0.3) is 0 Å². The average Bonchev–Trinajstić information content (AvgIpc) is 2.16. The summed E-state index contributed by atoms with van der Waals surface area (Å²) in [6, 6.07) is 0. The maximum atomic E-state index is 10.6. The fourth-order valence-electron chi connectivity index (χ4n) is 0.975. The van der Waals surface area contributed by atoms with Gasteiger partial charge in [-0.1, -0.05) is 67.4 Å². The van der Waals surface area contributed by atoms with Crippen LogP contribution in [-0.4, -0.2) is 17.4 Å². The number of unbranched alkanes of at least 4 members (excludes halogenated alkanes) is 4. The normalized spacial score (nSPS) is 9.47. The first-order valence-electron chi connectivity index (χ1n) is 5.03. The minimum Gasteiger partial charge on any atom is -0.469 e. The highest BCUT2D eigenvalue weighted by Crippen LogP contribution is 2.05. The van der Waals surface area contributed by atoms with Crippen LogP contribution in [0.3, 0.4) is 0 Å². The maximum absolute atomic E-state index is 10.6. The lowest BCUT2D eigenvalue weighted by Gasteiger charge is -1.98. The third kappa shape index (κ3) is 25.0. The summed E-state index contributed by atoms with van der Waals surface area (Å²) in [4.78, 5) is 10.6. The molecular weight excluding hydrogens is 258 g/mol. The van der Waals surface area contributed by atoms with Gasteiger partial charge in [-0.25, -0.2) is 0 Å². The Kier molecular flexibility index (Phi) is 16.9. The van der Waals surface area contributed by atoms with E-state index in [1.54, 1.807) is 0 Å². The van der Waals surface area contributed by atoms with Crippen molar-refractivity contribution in [1.29, 1.82) is 0 Å². The van der Waals surface area contributed by atoms with Gasteiger partial charge in [-0.2, -0.15) is 0 Å². The van der Waals surface area contributed by atoms with Crippen LogP contribution >= 0.6 is 34.8 Å². The van der Waals surface area contributed by atoms with Crippen molar-refractivity contribution in [3.63, 3.8) is 0 Å². The Bertz CT molecular complexity index is 138. The number of carbonyl (C=O) groups is 1. The van der Waals surface area contributed by atoms with Crippen molar-refractivity contribution >= 4 is 40.8 Å². The molecule has 15 heavy (non-hydrogen) atoms. The SMILES string of the molecule is CCCCCCCC(=O)OC.ClC(Cl)Cl. The van der Waals surface area contributed by atoms with Crippen molar-refractivity contribution < 1.29 is 9.53 Å². The molecule has 0 atom stereocenters. The number of halogens is 3. The Morgan fingerprint density at radius 3 is 2.00 bits per heavy atom. The molecule has 0 bridgehead atoms. The third-order valence-electron chi connectivity index (χ3n) is 1.71. The van der Waals surface area contributed by atoms with E-state index >= 15 is 0 Å². The van der Waals surface area contributed by atoms with Crippen LogP contribution in [0.4, 0.5) is 0 Å². The molecule has 0 rings (SSSR count). The highest BCUT2D eigenvalue weighted by molar-refractivity contribution is 6.63. The van der Waals surface area contributed by atoms with Crippen molar-refractivity contribution in [3.05, 3.63) is 0 Å².